The summed E-state index contributed by atoms with van der Waals surface area (Å²) in [5, 5.41) is 4.23. The lowest BCUT2D eigenvalue weighted by atomic mass is 10.0. The molecule has 2 aromatic carbocycles. The van der Waals surface area contributed by atoms with Gasteiger partial charge < -0.3 is 4.74 Å². The van der Waals surface area contributed by atoms with Crippen molar-refractivity contribution in [1.82, 2.24) is 14.5 Å². The number of sulfonamides is 1. The number of rotatable bonds is 7. The molecule has 3 rings (SSSR count). The number of fused-ring (bicyclic) bond motifs is 1. The van der Waals surface area contributed by atoms with Gasteiger partial charge in [0.25, 0.3) is 0 Å². The molecule has 1 heterocycles. The van der Waals surface area contributed by atoms with Gasteiger partial charge in [0.15, 0.2) is 0 Å². The van der Waals surface area contributed by atoms with Gasteiger partial charge in [-0.1, -0.05) is 6.07 Å². The highest BCUT2D eigenvalue weighted by Gasteiger charge is 2.35. The Morgan fingerprint density at radius 1 is 1.19 bits per heavy atom. The van der Waals surface area contributed by atoms with Crippen LogP contribution in [0.25, 0.3) is 22.2 Å². The Balaban J connectivity index is 2.16. The molecule has 0 atom stereocenters. The van der Waals surface area contributed by atoms with Crippen LogP contribution in [-0.4, -0.2) is 38.1 Å². The third kappa shape index (κ3) is 5.07. The molecule has 0 radical (unpaired) electrons. The zero-order chi connectivity index (χ0) is 23.7. The largest absolute Gasteiger partial charge is 0.497 e. The number of aryl methyl sites for hydroxylation is 1. The van der Waals surface area contributed by atoms with Crippen molar-refractivity contribution in [1.29, 1.82) is 0 Å². The highest BCUT2D eigenvalue weighted by atomic mass is 32.2. The van der Waals surface area contributed by atoms with Crippen molar-refractivity contribution in [2.75, 3.05) is 19.9 Å². The van der Waals surface area contributed by atoms with Gasteiger partial charge in [0, 0.05) is 30.1 Å². The number of nitrogens with zero attached hydrogens (tertiary/aromatic N) is 2. The second-order valence-electron chi connectivity index (χ2n) is 6.97. The highest BCUT2D eigenvalue weighted by molar-refractivity contribution is 7.88. The average molecular weight is 473 g/mol. The molecule has 172 valence electrons. The van der Waals surface area contributed by atoms with Crippen LogP contribution in [0.2, 0.25) is 0 Å². The van der Waals surface area contributed by atoms with Gasteiger partial charge in [-0.05, 0) is 30.7 Å². The predicted molar refractivity (Wildman–Crippen MR) is 110 cm³/mol. The number of methoxy groups -OCH3 is 1. The summed E-state index contributed by atoms with van der Waals surface area (Å²) in [5.41, 5.74) is -3.00. The summed E-state index contributed by atoms with van der Waals surface area (Å²) in [6.07, 6.45) is -3.69. The standard InChI is InChI=1S/C20H19F4N3O4S/c1-31-12-7-8-13-16(11-12)27(10-4-9-25-32(2,29)30)26-18(19(13)28)14-5-3-6-15(17(14)21)20(22,23)24/h3,5-8,11,25H,4,9-10H2,1-2H3. The number of ether oxygens (including phenoxy) is 1. The third-order valence-electron chi connectivity index (χ3n) is 4.63. The van der Waals surface area contributed by atoms with Crippen LogP contribution in [0.5, 0.6) is 5.75 Å². The number of alkyl halides is 3. The van der Waals surface area contributed by atoms with Gasteiger partial charge in [-0.2, -0.15) is 18.3 Å². The lowest BCUT2D eigenvalue weighted by molar-refractivity contribution is -0.139. The molecule has 7 nitrogen and oxygen atoms in total. The summed E-state index contributed by atoms with van der Waals surface area (Å²) < 4.78 is 85.4. The highest BCUT2D eigenvalue weighted by Crippen LogP contribution is 2.34. The minimum atomic E-state index is -4.94. The van der Waals surface area contributed by atoms with Crippen LogP contribution < -0.4 is 14.9 Å². The summed E-state index contributed by atoms with van der Waals surface area (Å²) in [4.78, 5) is 13.0. The second kappa shape index (κ2) is 8.87. The topological polar surface area (TPSA) is 90.3 Å². The molecule has 0 bridgehead atoms. The Kier molecular flexibility index (Phi) is 6.56. The third-order valence-corrected chi connectivity index (χ3v) is 5.36. The first-order valence-electron chi connectivity index (χ1n) is 9.32. The number of hydrogen-bond acceptors (Lipinski definition) is 5. The molecule has 32 heavy (non-hydrogen) atoms. The van der Waals surface area contributed by atoms with E-state index in [9.17, 15) is 30.8 Å². The van der Waals surface area contributed by atoms with Crippen LogP contribution in [0.3, 0.4) is 0 Å². The molecular weight excluding hydrogens is 454 g/mol. The Morgan fingerprint density at radius 2 is 1.91 bits per heavy atom. The number of hydrogen-bond donors (Lipinski definition) is 1. The Bertz CT molecular complexity index is 1320. The monoisotopic (exact) mass is 473 g/mol. The molecule has 0 fully saturated rings. The molecule has 0 spiro atoms. The van der Waals surface area contributed by atoms with E-state index in [1.807, 2.05) is 0 Å². The van der Waals surface area contributed by atoms with E-state index < -0.39 is 44.3 Å². The van der Waals surface area contributed by atoms with Gasteiger partial charge >= 0.3 is 6.18 Å². The zero-order valence-corrected chi connectivity index (χ0v) is 17.8. The van der Waals surface area contributed by atoms with Crippen LogP contribution in [-0.2, 0) is 22.7 Å². The molecule has 0 saturated heterocycles. The first-order valence-corrected chi connectivity index (χ1v) is 11.2. The molecule has 0 unspecified atom stereocenters. The van der Waals surface area contributed by atoms with Crippen molar-refractivity contribution in [2.24, 2.45) is 0 Å². The average Bonchev–Trinajstić information content (AvgIpc) is 2.71. The zero-order valence-electron chi connectivity index (χ0n) is 17.0. The fourth-order valence-electron chi connectivity index (χ4n) is 3.16. The van der Waals surface area contributed by atoms with E-state index in [1.165, 1.54) is 30.0 Å². The quantitative estimate of drug-likeness (QED) is 0.421. The first kappa shape index (κ1) is 23.7. The SMILES string of the molecule is COc1ccc2c(=O)c(-c3cccc(C(F)(F)F)c3F)nn(CCCNS(C)(=O)=O)c2c1. The minimum absolute atomic E-state index is 0.0609. The van der Waals surface area contributed by atoms with Gasteiger partial charge in [-0.3, -0.25) is 9.48 Å². The van der Waals surface area contributed by atoms with E-state index in [0.717, 1.165) is 18.4 Å². The molecule has 0 aliphatic heterocycles. The van der Waals surface area contributed by atoms with Crippen molar-refractivity contribution in [3.63, 3.8) is 0 Å². The maximum Gasteiger partial charge on any atom is 0.419 e. The number of halogens is 4. The van der Waals surface area contributed by atoms with Crippen molar-refractivity contribution in [3.8, 4) is 17.0 Å². The summed E-state index contributed by atoms with van der Waals surface area (Å²) in [6, 6.07) is 7.06. The normalized spacial score (nSPS) is 12.3. The summed E-state index contributed by atoms with van der Waals surface area (Å²) >= 11 is 0. The second-order valence-corrected chi connectivity index (χ2v) is 8.80. The molecule has 0 saturated carbocycles. The van der Waals surface area contributed by atoms with E-state index in [2.05, 4.69) is 9.82 Å². The maximum absolute atomic E-state index is 14.7. The lowest BCUT2D eigenvalue weighted by Crippen LogP contribution is -2.25. The number of benzene rings is 2. The van der Waals surface area contributed by atoms with Gasteiger partial charge in [0.05, 0.1) is 24.4 Å². The van der Waals surface area contributed by atoms with Gasteiger partial charge in [-0.15, -0.1) is 0 Å². The van der Waals surface area contributed by atoms with Crippen LogP contribution in [0, 0.1) is 5.82 Å². The molecule has 3 aromatic rings. The number of nitrogens with one attached hydrogen (secondary N) is 1. The van der Waals surface area contributed by atoms with Crippen LogP contribution >= 0.6 is 0 Å². The molecule has 0 aliphatic carbocycles. The fourth-order valence-corrected chi connectivity index (χ4v) is 3.67. The van der Waals surface area contributed by atoms with E-state index in [-0.39, 0.29) is 24.9 Å². The maximum atomic E-state index is 14.7. The van der Waals surface area contributed by atoms with Crippen molar-refractivity contribution < 1.29 is 30.7 Å². The summed E-state index contributed by atoms with van der Waals surface area (Å²) in [7, 11) is -2.00. The van der Waals surface area contributed by atoms with Crippen LogP contribution in [0.4, 0.5) is 17.6 Å². The van der Waals surface area contributed by atoms with Gasteiger partial charge in [-0.25, -0.2) is 17.5 Å². The molecular formula is C20H19F4N3O4S. The summed E-state index contributed by atoms with van der Waals surface area (Å²) in [6.45, 7) is 0.158. The van der Waals surface area contributed by atoms with Crippen molar-refractivity contribution >= 4 is 20.9 Å². The molecule has 12 heteroatoms. The predicted octanol–water partition coefficient (Wildman–Crippen LogP) is 3.17. The molecule has 0 aliphatic rings. The van der Waals surface area contributed by atoms with E-state index in [1.54, 1.807) is 0 Å². The van der Waals surface area contributed by atoms with E-state index in [4.69, 9.17) is 4.74 Å². The molecule has 0 amide bonds. The Morgan fingerprint density at radius 3 is 2.53 bits per heavy atom. The van der Waals surface area contributed by atoms with E-state index >= 15 is 0 Å². The fraction of sp³-hybridized carbons (Fsp3) is 0.300. The Hall–Kier alpha value is -2.99. The van der Waals surface area contributed by atoms with Crippen LogP contribution in [0.15, 0.2) is 41.2 Å². The lowest BCUT2D eigenvalue weighted by Gasteiger charge is -2.15. The van der Waals surface area contributed by atoms with Crippen LogP contribution in [0.1, 0.15) is 12.0 Å². The minimum Gasteiger partial charge on any atom is -0.497 e. The van der Waals surface area contributed by atoms with Gasteiger partial charge in [0.2, 0.25) is 15.5 Å². The Labute approximate surface area is 180 Å². The van der Waals surface area contributed by atoms with Crippen molar-refractivity contribution in [2.45, 2.75) is 19.1 Å². The summed E-state index contributed by atoms with van der Waals surface area (Å²) in [5.74, 6) is -1.19. The van der Waals surface area contributed by atoms with Crippen molar-refractivity contribution in [3.05, 3.63) is 58.0 Å². The smallest absolute Gasteiger partial charge is 0.419 e. The molecule has 1 N–H and O–H groups in total. The molecule has 1 aromatic heterocycles. The number of aromatic nitrogens is 2. The first-order chi connectivity index (χ1) is 14.9. The van der Waals surface area contributed by atoms with Gasteiger partial charge in [0.1, 0.15) is 17.3 Å². The van der Waals surface area contributed by atoms with E-state index in [0.29, 0.717) is 17.3 Å².